The monoisotopic (exact) mass is 448 g/mol. The average molecular weight is 448 g/mol. The van der Waals surface area contributed by atoms with Crippen LogP contribution < -0.4 is 10.6 Å². The molecule has 32 heavy (non-hydrogen) atoms. The van der Waals surface area contributed by atoms with E-state index in [0.717, 1.165) is 56.2 Å². The Morgan fingerprint density at radius 1 is 1.16 bits per heavy atom. The summed E-state index contributed by atoms with van der Waals surface area (Å²) in [5, 5.41) is 12.4. The van der Waals surface area contributed by atoms with Crippen LogP contribution >= 0.6 is 0 Å². The van der Waals surface area contributed by atoms with Crippen LogP contribution in [0.1, 0.15) is 49.3 Å². The van der Waals surface area contributed by atoms with Crippen molar-refractivity contribution in [3.63, 3.8) is 0 Å². The molecule has 2 aromatic rings. The third kappa shape index (κ3) is 6.03. The molecule has 1 aliphatic carbocycles. The molecule has 0 spiro atoms. The van der Waals surface area contributed by atoms with Crippen molar-refractivity contribution in [2.45, 2.75) is 56.7 Å². The molecule has 0 unspecified atom stereocenters. The molecule has 8 nitrogen and oxygen atoms in total. The first-order valence-corrected chi connectivity index (χ1v) is 10.8. The predicted molar refractivity (Wildman–Crippen MR) is 111 cm³/mol. The number of ether oxygens (including phenoxy) is 2. The molecule has 2 heterocycles. The molecule has 1 aromatic carbocycles. The summed E-state index contributed by atoms with van der Waals surface area (Å²) in [6, 6.07) is 4.73. The highest BCUT2D eigenvalue weighted by molar-refractivity contribution is 5.91. The Balaban J connectivity index is 1.22. The molecule has 2 amide bonds. The van der Waals surface area contributed by atoms with Crippen LogP contribution in [0.5, 0.6) is 0 Å². The molecule has 4 rings (SSSR count). The lowest BCUT2D eigenvalue weighted by atomic mass is 10.0. The number of rotatable bonds is 7. The van der Waals surface area contributed by atoms with Crippen molar-refractivity contribution < 1.29 is 27.8 Å². The number of hydrogen-bond acceptors (Lipinski definition) is 5. The van der Waals surface area contributed by atoms with Crippen LogP contribution in [0.15, 0.2) is 24.3 Å². The highest BCUT2D eigenvalue weighted by atomic mass is 19.1. The minimum absolute atomic E-state index is 0.0671. The smallest absolute Gasteiger partial charge is 0.407 e. The number of amides is 2. The van der Waals surface area contributed by atoms with E-state index in [4.69, 9.17) is 9.47 Å². The number of hydrogen-bond donors (Lipinski definition) is 3. The van der Waals surface area contributed by atoms with Crippen molar-refractivity contribution in [2.75, 3.05) is 18.5 Å². The number of nitrogens with one attached hydrogen (secondary N) is 3. The van der Waals surface area contributed by atoms with Gasteiger partial charge < -0.3 is 20.1 Å². The third-order valence-electron chi connectivity index (χ3n) is 5.75. The van der Waals surface area contributed by atoms with Gasteiger partial charge in [0, 0.05) is 36.9 Å². The molecular weight excluding hydrogens is 422 g/mol. The van der Waals surface area contributed by atoms with Crippen LogP contribution in [0.3, 0.4) is 0 Å². The average Bonchev–Trinajstić information content (AvgIpc) is 3.47. The number of alkyl carbamates (subject to hydrolysis) is 1. The van der Waals surface area contributed by atoms with Gasteiger partial charge in [-0.1, -0.05) is 0 Å². The van der Waals surface area contributed by atoms with Crippen LogP contribution in [-0.2, 0) is 20.7 Å². The summed E-state index contributed by atoms with van der Waals surface area (Å²) >= 11 is 0. The fourth-order valence-electron chi connectivity index (χ4n) is 4.22. The Bertz CT molecular complexity index is 941. The number of benzene rings is 1. The molecule has 2 fully saturated rings. The SMILES string of the molecule is O=C(Cc1cc(F)cc(F)c1)Nc1cc([C@@H]2CC[C@H](OC(=O)NC[C@H]3CCCO3)C2)[nH]n1. The number of carbonyl (C=O) groups excluding carboxylic acids is 2. The normalized spacial score (nSPS) is 22.6. The molecule has 0 bridgehead atoms. The summed E-state index contributed by atoms with van der Waals surface area (Å²) < 4.78 is 37.5. The van der Waals surface area contributed by atoms with E-state index >= 15 is 0 Å². The highest BCUT2D eigenvalue weighted by Crippen LogP contribution is 2.35. The van der Waals surface area contributed by atoms with Crippen molar-refractivity contribution in [2.24, 2.45) is 0 Å². The van der Waals surface area contributed by atoms with Crippen molar-refractivity contribution in [1.82, 2.24) is 15.5 Å². The minimum atomic E-state index is -0.728. The largest absolute Gasteiger partial charge is 0.446 e. The first-order chi connectivity index (χ1) is 15.4. The van der Waals surface area contributed by atoms with Gasteiger partial charge in [0.25, 0.3) is 0 Å². The van der Waals surface area contributed by atoms with Crippen molar-refractivity contribution in [1.29, 1.82) is 0 Å². The molecule has 10 heteroatoms. The molecule has 2 aliphatic rings. The van der Waals surface area contributed by atoms with Crippen LogP contribution in [0.4, 0.5) is 19.4 Å². The van der Waals surface area contributed by atoms with E-state index in [1.807, 2.05) is 0 Å². The Morgan fingerprint density at radius 3 is 2.72 bits per heavy atom. The molecule has 0 radical (unpaired) electrons. The van der Waals surface area contributed by atoms with E-state index in [2.05, 4.69) is 20.8 Å². The maximum Gasteiger partial charge on any atom is 0.407 e. The summed E-state index contributed by atoms with van der Waals surface area (Å²) in [5.74, 6) is -1.42. The number of aromatic nitrogens is 2. The van der Waals surface area contributed by atoms with E-state index in [-0.39, 0.29) is 30.1 Å². The summed E-state index contributed by atoms with van der Waals surface area (Å²) in [6.07, 6.45) is 3.46. The van der Waals surface area contributed by atoms with E-state index in [0.29, 0.717) is 18.8 Å². The zero-order chi connectivity index (χ0) is 22.5. The summed E-state index contributed by atoms with van der Waals surface area (Å²) in [4.78, 5) is 24.2. The molecule has 3 atom stereocenters. The zero-order valence-electron chi connectivity index (χ0n) is 17.5. The van der Waals surface area contributed by atoms with Gasteiger partial charge in [-0.3, -0.25) is 9.89 Å². The van der Waals surface area contributed by atoms with E-state index < -0.39 is 23.6 Å². The van der Waals surface area contributed by atoms with Gasteiger partial charge >= 0.3 is 6.09 Å². The molecule has 1 aliphatic heterocycles. The second kappa shape index (κ2) is 10.1. The van der Waals surface area contributed by atoms with Crippen molar-refractivity contribution in [3.05, 3.63) is 47.2 Å². The number of nitrogens with zero attached hydrogens (tertiary/aromatic N) is 1. The lowest BCUT2D eigenvalue weighted by Crippen LogP contribution is -2.34. The topological polar surface area (TPSA) is 105 Å². The highest BCUT2D eigenvalue weighted by Gasteiger charge is 2.30. The van der Waals surface area contributed by atoms with E-state index in [1.165, 1.54) is 0 Å². The van der Waals surface area contributed by atoms with Gasteiger partial charge in [-0.2, -0.15) is 5.10 Å². The van der Waals surface area contributed by atoms with Gasteiger partial charge in [-0.25, -0.2) is 13.6 Å². The lowest BCUT2D eigenvalue weighted by molar-refractivity contribution is -0.115. The van der Waals surface area contributed by atoms with Gasteiger partial charge in [0.1, 0.15) is 17.7 Å². The molecule has 3 N–H and O–H groups in total. The first kappa shape index (κ1) is 22.2. The maximum atomic E-state index is 13.3. The predicted octanol–water partition coefficient (Wildman–Crippen LogP) is 3.41. The third-order valence-corrected chi connectivity index (χ3v) is 5.75. The number of aromatic amines is 1. The Labute approximate surface area is 184 Å². The maximum absolute atomic E-state index is 13.3. The molecule has 1 saturated carbocycles. The molecular formula is C22H26F2N4O4. The fourth-order valence-corrected chi connectivity index (χ4v) is 4.22. The Hall–Kier alpha value is -3.01. The number of anilines is 1. The van der Waals surface area contributed by atoms with Crippen LogP contribution in [0.2, 0.25) is 0 Å². The van der Waals surface area contributed by atoms with E-state index in [1.54, 1.807) is 6.07 Å². The molecule has 1 saturated heterocycles. The number of halogens is 2. The van der Waals surface area contributed by atoms with Gasteiger partial charge in [-0.05, 0) is 49.8 Å². The van der Waals surface area contributed by atoms with Gasteiger partial charge in [-0.15, -0.1) is 0 Å². The van der Waals surface area contributed by atoms with Crippen LogP contribution in [0.25, 0.3) is 0 Å². The summed E-state index contributed by atoms with van der Waals surface area (Å²) in [7, 11) is 0. The van der Waals surface area contributed by atoms with Gasteiger partial charge in [0.2, 0.25) is 5.91 Å². The quantitative estimate of drug-likeness (QED) is 0.602. The lowest BCUT2D eigenvalue weighted by Gasteiger charge is -2.15. The van der Waals surface area contributed by atoms with Gasteiger partial charge in [0.05, 0.1) is 12.5 Å². The summed E-state index contributed by atoms with van der Waals surface area (Å²) in [5.41, 5.74) is 1.08. The Morgan fingerprint density at radius 2 is 1.97 bits per heavy atom. The second-order valence-corrected chi connectivity index (χ2v) is 8.26. The van der Waals surface area contributed by atoms with Gasteiger partial charge in [0.15, 0.2) is 5.82 Å². The standard InChI is InChI=1S/C22H26F2N4O4/c23-15-6-13(7-16(24)10-15)8-21(29)26-20-11-19(27-28-20)14-3-4-17(9-14)32-22(30)25-12-18-2-1-5-31-18/h6-7,10-11,14,17-18H,1-5,8-9,12H2,(H,25,30)(H2,26,27,28,29)/t14-,17+,18-/m1/s1. The van der Waals surface area contributed by atoms with E-state index in [9.17, 15) is 18.4 Å². The van der Waals surface area contributed by atoms with Crippen LogP contribution in [0, 0.1) is 11.6 Å². The van der Waals surface area contributed by atoms with Crippen molar-refractivity contribution in [3.8, 4) is 0 Å². The molecule has 172 valence electrons. The minimum Gasteiger partial charge on any atom is -0.446 e. The Kier molecular flexibility index (Phi) is 6.99. The first-order valence-electron chi connectivity index (χ1n) is 10.8. The zero-order valence-corrected chi connectivity index (χ0v) is 17.5. The van der Waals surface area contributed by atoms with Crippen molar-refractivity contribution >= 4 is 17.8 Å². The summed E-state index contributed by atoms with van der Waals surface area (Å²) in [6.45, 7) is 1.20. The fraction of sp³-hybridized carbons (Fsp3) is 0.500. The van der Waals surface area contributed by atoms with Crippen LogP contribution in [-0.4, -0.2) is 47.6 Å². The number of H-pyrrole nitrogens is 1. The second-order valence-electron chi connectivity index (χ2n) is 8.26. The molecule has 1 aromatic heterocycles. The number of carbonyl (C=O) groups is 2.